The van der Waals surface area contributed by atoms with Crippen molar-refractivity contribution in [3.63, 3.8) is 0 Å². The van der Waals surface area contributed by atoms with Crippen LogP contribution in [0.25, 0.3) is 127 Å². The van der Waals surface area contributed by atoms with Crippen LogP contribution in [-0.2, 0) is 0 Å². The second-order valence-electron chi connectivity index (χ2n) is 15.6. The standard InChI is InChI=1S/C55H32N6OS/c1-4-17-33(18-5-1)48-51-49(37-24-11-13-32-45(37)63-51)57-53(56-48)40-27-16-31-44-47(40)38-25-14-28-41(50(38)62-44)55-59-52(34-19-6-2-7-20-34)58-54(60-55)39-26-15-30-43-46(39)36-23-10-12-29-42(36)61(43)35-21-8-3-9-22-35/h1-32H. The van der Waals surface area contributed by atoms with Crippen molar-refractivity contribution in [2.45, 2.75) is 0 Å². The van der Waals surface area contributed by atoms with Crippen LogP contribution < -0.4 is 0 Å². The minimum absolute atomic E-state index is 0.516. The molecule has 5 aromatic heterocycles. The van der Waals surface area contributed by atoms with Crippen molar-refractivity contribution in [2.24, 2.45) is 0 Å². The third-order valence-corrected chi connectivity index (χ3v) is 13.1. The van der Waals surface area contributed by atoms with Gasteiger partial charge in [-0.1, -0.05) is 152 Å². The topological polar surface area (TPSA) is 82.5 Å². The molecule has 13 aromatic rings. The van der Waals surface area contributed by atoms with E-state index in [0.717, 1.165) is 93.0 Å². The zero-order valence-electron chi connectivity index (χ0n) is 33.5. The fourth-order valence-electron chi connectivity index (χ4n) is 9.11. The molecule has 7 nitrogen and oxygen atoms in total. The van der Waals surface area contributed by atoms with E-state index in [1.54, 1.807) is 11.3 Å². The molecule has 0 aliphatic rings. The lowest BCUT2D eigenvalue weighted by Gasteiger charge is -2.10. The number of hydrogen-bond acceptors (Lipinski definition) is 7. The number of fused-ring (bicyclic) bond motifs is 9. The molecule has 8 aromatic carbocycles. The Hall–Kier alpha value is -8.33. The van der Waals surface area contributed by atoms with Crippen molar-refractivity contribution < 1.29 is 4.42 Å². The van der Waals surface area contributed by atoms with Gasteiger partial charge in [-0.25, -0.2) is 24.9 Å². The van der Waals surface area contributed by atoms with E-state index >= 15 is 0 Å². The SMILES string of the molecule is c1ccc(-c2nc(-c3cccc4c3oc3cccc(-c5nc(-c6ccccc6)c6sc7ccccc7c6n5)c34)nc(-c3cccc4c3c3ccccc3n4-c3ccccc3)n2)cc1. The van der Waals surface area contributed by atoms with Gasteiger partial charge in [0.15, 0.2) is 23.3 Å². The summed E-state index contributed by atoms with van der Waals surface area (Å²) in [6.07, 6.45) is 0. The van der Waals surface area contributed by atoms with Gasteiger partial charge in [-0.3, -0.25) is 0 Å². The Kier molecular flexibility index (Phi) is 7.94. The lowest BCUT2D eigenvalue weighted by Crippen LogP contribution is -2.00. The minimum Gasteiger partial charge on any atom is -0.455 e. The van der Waals surface area contributed by atoms with Crippen molar-refractivity contribution in [1.82, 2.24) is 29.5 Å². The average molecular weight is 825 g/mol. The van der Waals surface area contributed by atoms with Crippen LogP contribution in [0.15, 0.2) is 199 Å². The molecule has 63 heavy (non-hydrogen) atoms. The molecule has 0 bridgehead atoms. The summed E-state index contributed by atoms with van der Waals surface area (Å²) in [6, 6.07) is 66.6. The molecule has 8 heteroatoms. The van der Waals surface area contributed by atoms with E-state index in [1.165, 1.54) is 4.70 Å². The molecule has 13 rings (SSSR count). The van der Waals surface area contributed by atoms with Crippen LogP contribution in [0.4, 0.5) is 0 Å². The second kappa shape index (κ2) is 14.1. The predicted molar refractivity (Wildman–Crippen MR) is 257 cm³/mol. The summed E-state index contributed by atoms with van der Waals surface area (Å²) in [5, 5.41) is 5.17. The van der Waals surface area contributed by atoms with Crippen molar-refractivity contribution in [3.05, 3.63) is 194 Å². The van der Waals surface area contributed by atoms with Gasteiger partial charge in [0.25, 0.3) is 0 Å². The van der Waals surface area contributed by atoms with Gasteiger partial charge in [-0.15, -0.1) is 11.3 Å². The lowest BCUT2D eigenvalue weighted by atomic mass is 10.0. The van der Waals surface area contributed by atoms with Crippen LogP contribution in [0.3, 0.4) is 0 Å². The van der Waals surface area contributed by atoms with Gasteiger partial charge in [0.05, 0.1) is 32.5 Å². The number of aromatic nitrogens is 6. The van der Waals surface area contributed by atoms with Crippen LogP contribution in [0.1, 0.15) is 0 Å². The van der Waals surface area contributed by atoms with Crippen molar-refractivity contribution in [3.8, 4) is 62.5 Å². The van der Waals surface area contributed by atoms with Gasteiger partial charge in [0, 0.05) is 59.6 Å². The van der Waals surface area contributed by atoms with E-state index in [-0.39, 0.29) is 0 Å². The maximum absolute atomic E-state index is 6.87. The Labute approximate surface area is 364 Å². The summed E-state index contributed by atoms with van der Waals surface area (Å²) >= 11 is 1.73. The maximum Gasteiger partial charge on any atom is 0.167 e. The first kappa shape index (κ1) is 35.4. The summed E-state index contributed by atoms with van der Waals surface area (Å²) in [5.74, 6) is 2.31. The van der Waals surface area contributed by atoms with E-state index in [9.17, 15) is 0 Å². The highest BCUT2D eigenvalue weighted by molar-refractivity contribution is 7.26. The Balaban J connectivity index is 1.04. The van der Waals surface area contributed by atoms with Crippen molar-refractivity contribution in [1.29, 1.82) is 0 Å². The molecule has 0 atom stereocenters. The third kappa shape index (κ3) is 5.62. The first-order valence-electron chi connectivity index (χ1n) is 20.8. The third-order valence-electron chi connectivity index (χ3n) is 11.9. The van der Waals surface area contributed by atoms with Gasteiger partial charge in [0.1, 0.15) is 11.2 Å². The van der Waals surface area contributed by atoms with E-state index in [1.807, 2.05) is 60.7 Å². The second-order valence-corrected chi connectivity index (χ2v) is 16.6. The molecule has 0 radical (unpaired) electrons. The summed E-state index contributed by atoms with van der Waals surface area (Å²) in [5.41, 5.74) is 11.0. The van der Waals surface area contributed by atoms with Gasteiger partial charge >= 0.3 is 0 Å². The molecule has 0 amide bonds. The number of furan rings is 1. The van der Waals surface area contributed by atoms with Crippen molar-refractivity contribution in [2.75, 3.05) is 0 Å². The minimum atomic E-state index is 0.516. The maximum atomic E-state index is 6.87. The zero-order chi connectivity index (χ0) is 41.4. The van der Waals surface area contributed by atoms with Crippen LogP contribution >= 0.6 is 11.3 Å². The fraction of sp³-hybridized carbons (Fsp3) is 0. The summed E-state index contributed by atoms with van der Waals surface area (Å²) in [7, 11) is 0. The molecule has 0 aliphatic heterocycles. The Morgan fingerprint density at radius 1 is 0.397 bits per heavy atom. The van der Waals surface area contributed by atoms with E-state index in [0.29, 0.717) is 28.9 Å². The molecule has 0 spiro atoms. The fourth-order valence-corrected chi connectivity index (χ4v) is 10.3. The number of rotatable bonds is 6. The first-order chi connectivity index (χ1) is 31.2. The smallest absolute Gasteiger partial charge is 0.167 e. The summed E-state index contributed by atoms with van der Waals surface area (Å²) in [4.78, 5) is 26.4. The normalized spacial score (nSPS) is 11.8. The molecular formula is C55H32N6OS. The molecule has 0 aliphatic carbocycles. The Morgan fingerprint density at radius 3 is 1.78 bits per heavy atom. The molecule has 0 unspecified atom stereocenters. The summed E-state index contributed by atoms with van der Waals surface area (Å²) in [6.45, 7) is 0. The molecule has 5 heterocycles. The Morgan fingerprint density at radius 2 is 0.968 bits per heavy atom. The van der Waals surface area contributed by atoms with Gasteiger partial charge in [-0.2, -0.15) is 0 Å². The predicted octanol–water partition coefficient (Wildman–Crippen LogP) is 14.4. The van der Waals surface area contributed by atoms with Gasteiger partial charge in [0.2, 0.25) is 0 Å². The molecule has 0 saturated carbocycles. The van der Waals surface area contributed by atoms with Crippen LogP contribution in [0, 0.1) is 0 Å². The Bertz CT molecular complexity index is 3910. The molecule has 0 N–H and O–H groups in total. The molecular weight excluding hydrogens is 793 g/mol. The molecule has 0 saturated heterocycles. The lowest BCUT2D eigenvalue weighted by molar-refractivity contribution is 0.669. The highest BCUT2D eigenvalue weighted by Gasteiger charge is 2.24. The van der Waals surface area contributed by atoms with Crippen LogP contribution in [0.2, 0.25) is 0 Å². The van der Waals surface area contributed by atoms with Gasteiger partial charge < -0.3 is 8.98 Å². The average Bonchev–Trinajstić information content (AvgIpc) is 4.04. The number of hydrogen-bond donors (Lipinski definition) is 0. The monoisotopic (exact) mass is 824 g/mol. The number of benzene rings is 8. The van der Waals surface area contributed by atoms with E-state index < -0.39 is 0 Å². The molecule has 294 valence electrons. The van der Waals surface area contributed by atoms with Crippen molar-refractivity contribution >= 4 is 75.4 Å². The highest BCUT2D eigenvalue weighted by Crippen LogP contribution is 2.44. The summed E-state index contributed by atoms with van der Waals surface area (Å²) < 4.78 is 11.4. The number of nitrogens with zero attached hydrogens (tertiary/aromatic N) is 6. The quantitative estimate of drug-likeness (QED) is 0.166. The highest BCUT2D eigenvalue weighted by atomic mass is 32.1. The van der Waals surface area contributed by atoms with E-state index in [4.69, 9.17) is 29.3 Å². The molecule has 0 fully saturated rings. The van der Waals surface area contributed by atoms with Gasteiger partial charge in [-0.05, 0) is 42.5 Å². The number of thiophene rings is 1. The van der Waals surface area contributed by atoms with E-state index in [2.05, 4.69) is 138 Å². The van der Waals surface area contributed by atoms with Crippen LogP contribution in [-0.4, -0.2) is 29.5 Å². The zero-order valence-corrected chi connectivity index (χ0v) is 34.3. The number of para-hydroxylation sites is 3. The van der Waals surface area contributed by atoms with Crippen LogP contribution in [0.5, 0.6) is 0 Å². The first-order valence-corrected chi connectivity index (χ1v) is 21.7. The largest absolute Gasteiger partial charge is 0.455 e.